The van der Waals surface area contributed by atoms with E-state index >= 15 is 0 Å². The molecule has 0 bridgehead atoms. The van der Waals surface area contributed by atoms with Crippen molar-refractivity contribution in [2.75, 3.05) is 6.26 Å². The Morgan fingerprint density at radius 2 is 1.71 bits per heavy atom. The minimum Gasteiger partial charge on any atom is -0.322 e. The largest absolute Gasteiger partial charge is 0.322 e. The summed E-state index contributed by atoms with van der Waals surface area (Å²) >= 11 is 0. The number of sulfone groups is 1. The third-order valence-electron chi connectivity index (χ3n) is 1.98. The van der Waals surface area contributed by atoms with Crippen molar-refractivity contribution >= 4 is 9.84 Å². The zero-order valence-electron chi connectivity index (χ0n) is 8.61. The molecule has 78 valence electrons. The molecule has 0 amide bonds. The molecule has 4 heteroatoms. The van der Waals surface area contributed by atoms with E-state index in [1.54, 1.807) is 38.1 Å². The summed E-state index contributed by atoms with van der Waals surface area (Å²) in [5.74, 6) is 0. The molecule has 0 aliphatic rings. The Morgan fingerprint density at radius 3 is 2.07 bits per heavy atom. The van der Waals surface area contributed by atoms with Gasteiger partial charge < -0.3 is 5.73 Å². The van der Waals surface area contributed by atoms with Gasteiger partial charge in [0.25, 0.3) is 0 Å². The SMILES string of the molecule is CC(C)(N)c1ccccc1S(C)(=O)=O. The highest BCUT2D eigenvalue weighted by Gasteiger charge is 2.22. The molecule has 3 nitrogen and oxygen atoms in total. The van der Waals surface area contributed by atoms with E-state index in [1.165, 1.54) is 6.26 Å². The predicted octanol–water partition coefficient (Wildman–Crippen LogP) is 1.28. The van der Waals surface area contributed by atoms with Crippen LogP contribution in [0.3, 0.4) is 0 Å². The molecule has 1 aromatic carbocycles. The van der Waals surface area contributed by atoms with Gasteiger partial charge in [-0.1, -0.05) is 18.2 Å². The Labute approximate surface area is 84.9 Å². The van der Waals surface area contributed by atoms with Gasteiger partial charge in [-0.2, -0.15) is 0 Å². The second kappa shape index (κ2) is 3.37. The van der Waals surface area contributed by atoms with Gasteiger partial charge in [0.15, 0.2) is 9.84 Å². The van der Waals surface area contributed by atoms with E-state index in [4.69, 9.17) is 5.73 Å². The van der Waals surface area contributed by atoms with Crippen LogP contribution in [0, 0.1) is 0 Å². The van der Waals surface area contributed by atoms with Gasteiger partial charge in [0.05, 0.1) is 4.90 Å². The average Bonchev–Trinajstić information content (AvgIpc) is 2.01. The van der Waals surface area contributed by atoms with Crippen LogP contribution in [-0.4, -0.2) is 14.7 Å². The number of rotatable bonds is 2. The van der Waals surface area contributed by atoms with Crippen LogP contribution in [0.2, 0.25) is 0 Å². The molecule has 0 saturated carbocycles. The zero-order chi connectivity index (χ0) is 11.0. The summed E-state index contributed by atoms with van der Waals surface area (Å²) in [6.45, 7) is 3.58. The third kappa shape index (κ3) is 2.33. The molecule has 0 aliphatic heterocycles. The van der Waals surface area contributed by atoms with Crippen LogP contribution in [0.25, 0.3) is 0 Å². The topological polar surface area (TPSA) is 60.2 Å². The van der Waals surface area contributed by atoms with Crippen LogP contribution < -0.4 is 5.73 Å². The fraction of sp³-hybridized carbons (Fsp3) is 0.400. The van der Waals surface area contributed by atoms with Gasteiger partial charge in [-0.25, -0.2) is 8.42 Å². The van der Waals surface area contributed by atoms with Crippen LogP contribution in [0.5, 0.6) is 0 Å². The van der Waals surface area contributed by atoms with Gasteiger partial charge in [0, 0.05) is 11.8 Å². The Kier molecular flexibility index (Phi) is 2.69. The Hall–Kier alpha value is -0.870. The normalized spacial score (nSPS) is 12.9. The lowest BCUT2D eigenvalue weighted by atomic mass is 9.96. The number of hydrogen-bond acceptors (Lipinski definition) is 3. The van der Waals surface area contributed by atoms with Gasteiger partial charge in [0.2, 0.25) is 0 Å². The fourth-order valence-electron chi connectivity index (χ4n) is 1.32. The van der Waals surface area contributed by atoms with Gasteiger partial charge in [-0.15, -0.1) is 0 Å². The molecule has 0 atom stereocenters. The molecule has 0 radical (unpaired) electrons. The second-order valence-electron chi connectivity index (χ2n) is 3.99. The third-order valence-corrected chi connectivity index (χ3v) is 3.14. The summed E-state index contributed by atoms with van der Waals surface area (Å²) in [4.78, 5) is 0.313. The van der Waals surface area contributed by atoms with Gasteiger partial charge in [-0.05, 0) is 25.5 Å². The smallest absolute Gasteiger partial charge is 0.175 e. The first-order valence-electron chi connectivity index (χ1n) is 4.31. The van der Waals surface area contributed by atoms with Crippen molar-refractivity contribution in [1.82, 2.24) is 0 Å². The summed E-state index contributed by atoms with van der Waals surface area (Å²) in [6.07, 6.45) is 1.19. The molecule has 0 aromatic heterocycles. The minimum absolute atomic E-state index is 0.313. The van der Waals surface area contributed by atoms with E-state index in [0.717, 1.165) is 0 Å². The first-order chi connectivity index (χ1) is 6.23. The molecule has 1 rings (SSSR count). The maximum absolute atomic E-state index is 11.4. The Morgan fingerprint density at radius 1 is 1.21 bits per heavy atom. The quantitative estimate of drug-likeness (QED) is 0.805. The van der Waals surface area contributed by atoms with E-state index in [9.17, 15) is 8.42 Å². The van der Waals surface area contributed by atoms with Gasteiger partial charge in [-0.3, -0.25) is 0 Å². The van der Waals surface area contributed by atoms with E-state index in [2.05, 4.69) is 0 Å². The van der Waals surface area contributed by atoms with Crippen molar-refractivity contribution in [3.05, 3.63) is 29.8 Å². The summed E-state index contributed by atoms with van der Waals surface area (Å²) in [7, 11) is -3.20. The van der Waals surface area contributed by atoms with Crippen molar-refractivity contribution in [3.8, 4) is 0 Å². The fourth-order valence-corrected chi connectivity index (χ4v) is 2.38. The molecule has 0 heterocycles. The summed E-state index contributed by atoms with van der Waals surface area (Å²) in [6, 6.07) is 6.82. The average molecular weight is 213 g/mol. The van der Waals surface area contributed by atoms with Crippen molar-refractivity contribution in [3.63, 3.8) is 0 Å². The summed E-state index contributed by atoms with van der Waals surface area (Å²) in [5.41, 5.74) is 5.91. The van der Waals surface area contributed by atoms with Crippen molar-refractivity contribution < 1.29 is 8.42 Å². The molecular formula is C10H15NO2S. The molecule has 0 spiro atoms. The lowest BCUT2D eigenvalue weighted by Crippen LogP contribution is -2.30. The lowest BCUT2D eigenvalue weighted by Gasteiger charge is -2.21. The van der Waals surface area contributed by atoms with Gasteiger partial charge in [0.1, 0.15) is 0 Å². The molecule has 0 fully saturated rings. The molecule has 0 saturated heterocycles. The highest BCUT2D eigenvalue weighted by atomic mass is 32.2. The Bertz CT molecular complexity index is 430. The Balaban J connectivity index is 3.47. The lowest BCUT2D eigenvalue weighted by molar-refractivity contribution is 0.536. The minimum atomic E-state index is -3.20. The van der Waals surface area contributed by atoms with Crippen LogP contribution in [0.15, 0.2) is 29.2 Å². The maximum atomic E-state index is 11.4. The van der Waals surface area contributed by atoms with Gasteiger partial charge >= 0.3 is 0 Å². The first-order valence-corrected chi connectivity index (χ1v) is 6.20. The van der Waals surface area contributed by atoms with E-state index in [1.807, 2.05) is 0 Å². The monoisotopic (exact) mass is 213 g/mol. The standard InChI is InChI=1S/C10H15NO2S/c1-10(2,11)8-6-4-5-7-9(8)14(3,12)13/h4-7H,11H2,1-3H3. The van der Waals surface area contributed by atoms with E-state index < -0.39 is 15.4 Å². The highest BCUT2D eigenvalue weighted by Crippen LogP contribution is 2.24. The van der Waals surface area contributed by atoms with Crippen molar-refractivity contribution in [2.24, 2.45) is 5.73 Å². The van der Waals surface area contributed by atoms with E-state index in [0.29, 0.717) is 10.5 Å². The zero-order valence-corrected chi connectivity index (χ0v) is 9.43. The van der Waals surface area contributed by atoms with Crippen LogP contribution in [0.4, 0.5) is 0 Å². The number of benzene rings is 1. The predicted molar refractivity (Wildman–Crippen MR) is 56.8 cm³/mol. The van der Waals surface area contributed by atoms with Crippen molar-refractivity contribution in [2.45, 2.75) is 24.3 Å². The molecule has 0 aliphatic carbocycles. The second-order valence-corrected chi connectivity index (χ2v) is 5.97. The van der Waals surface area contributed by atoms with Crippen LogP contribution in [-0.2, 0) is 15.4 Å². The van der Waals surface area contributed by atoms with E-state index in [-0.39, 0.29) is 0 Å². The van der Waals surface area contributed by atoms with Crippen LogP contribution >= 0.6 is 0 Å². The highest BCUT2D eigenvalue weighted by molar-refractivity contribution is 7.90. The molecule has 2 N–H and O–H groups in total. The van der Waals surface area contributed by atoms with Crippen molar-refractivity contribution in [1.29, 1.82) is 0 Å². The first kappa shape index (κ1) is 11.2. The summed E-state index contributed by atoms with van der Waals surface area (Å²) < 4.78 is 22.9. The number of hydrogen-bond donors (Lipinski definition) is 1. The molecule has 0 unspecified atom stereocenters. The summed E-state index contributed by atoms with van der Waals surface area (Å²) in [5, 5.41) is 0. The number of nitrogens with two attached hydrogens (primary N) is 1. The van der Waals surface area contributed by atoms with Crippen LogP contribution in [0.1, 0.15) is 19.4 Å². The molecular weight excluding hydrogens is 198 g/mol. The molecule has 1 aromatic rings. The maximum Gasteiger partial charge on any atom is 0.175 e. The molecule has 14 heavy (non-hydrogen) atoms.